The summed E-state index contributed by atoms with van der Waals surface area (Å²) in [5.74, 6) is -0.217. The van der Waals surface area contributed by atoms with Crippen LogP contribution >= 0.6 is 11.3 Å². The summed E-state index contributed by atoms with van der Waals surface area (Å²) in [5, 5.41) is 6.64. The highest BCUT2D eigenvalue weighted by atomic mass is 32.1. The lowest BCUT2D eigenvalue weighted by molar-refractivity contribution is -0.141. The lowest BCUT2D eigenvalue weighted by Gasteiger charge is -2.13. The monoisotopic (exact) mass is 332 g/mol. The van der Waals surface area contributed by atoms with Gasteiger partial charge in [0.2, 0.25) is 5.88 Å². The molecule has 1 amide bonds. The van der Waals surface area contributed by atoms with Gasteiger partial charge in [0, 0.05) is 19.0 Å². The zero-order valence-electron chi connectivity index (χ0n) is 11.2. The highest BCUT2D eigenvalue weighted by molar-refractivity contribution is 7.11. The van der Waals surface area contributed by atoms with Crippen molar-refractivity contribution in [3.63, 3.8) is 0 Å². The van der Waals surface area contributed by atoms with E-state index in [4.69, 9.17) is 4.74 Å². The van der Waals surface area contributed by atoms with Crippen LogP contribution in [0.25, 0.3) is 0 Å². The van der Waals surface area contributed by atoms with E-state index in [1.165, 1.54) is 0 Å². The molecular weight excluding hydrogens is 321 g/mol. The fourth-order valence-corrected chi connectivity index (χ4v) is 2.79. The largest absolute Gasteiger partial charge is 0.478 e. The summed E-state index contributed by atoms with van der Waals surface area (Å²) in [4.78, 5) is 14.6. The Morgan fingerprint density at radius 3 is 3.05 bits per heavy atom. The van der Waals surface area contributed by atoms with Gasteiger partial charge in [-0.15, -0.1) is 11.3 Å². The first-order chi connectivity index (χ1) is 10.4. The maximum atomic E-state index is 12.7. The summed E-state index contributed by atoms with van der Waals surface area (Å²) < 4.78 is 45.1. The Kier molecular flexibility index (Phi) is 3.77. The van der Waals surface area contributed by atoms with Gasteiger partial charge < -0.3 is 10.1 Å². The lowest BCUT2D eigenvalue weighted by atomic mass is 10.3. The number of halogens is 3. The van der Waals surface area contributed by atoms with E-state index in [2.05, 4.69) is 15.4 Å². The molecule has 0 saturated carbocycles. The van der Waals surface area contributed by atoms with Crippen molar-refractivity contribution >= 4 is 17.2 Å². The second-order valence-electron chi connectivity index (χ2n) is 4.61. The number of aromatic nitrogens is 3. The van der Waals surface area contributed by atoms with Crippen molar-refractivity contribution in [2.75, 3.05) is 6.61 Å². The van der Waals surface area contributed by atoms with E-state index in [1.807, 2.05) is 0 Å². The van der Waals surface area contributed by atoms with E-state index in [0.29, 0.717) is 29.5 Å². The molecule has 10 heteroatoms. The lowest BCUT2D eigenvalue weighted by Crippen LogP contribution is -2.25. The van der Waals surface area contributed by atoms with Crippen molar-refractivity contribution in [3.8, 4) is 5.88 Å². The molecule has 0 radical (unpaired) electrons. The van der Waals surface area contributed by atoms with E-state index in [-0.39, 0.29) is 6.54 Å². The average molecular weight is 332 g/mol. The standard InChI is InChI=1S/C12H11F3N4O2S/c13-12(14,15)10-9(22-6-17-10)11(20)16-5-7-4-8-19(18-7)2-1-3-21-8/h4,6H,1-3,5H2,(H,16,20). The molecule has 0 saturated heterocycles. The first kappa shape index (κ1) is 14.8. The topological polar surface area (TPSA) is 69.0 Å². The van der Waals surface area contributed by atoms with Crippen molar-refractivity contribution in [1.82, 2.24) is 20.1 Å². The molecule has 1 N–H and O–H groups in total. The first-order valence-electron chi connectivity index (χ1n) is 6.43. The van der Waals surface area contributed by atoms with Crippen LogP contribution in [0.5, 0.6) is 5.88 Å². The van der Waals surface area contributed by atoms with Gasteiger partial charge in [-0.1, -0.05) is 0 Å². The van der Waals surface area contributed by atoms with Gasteiger partial charge in [-0.2, -0.15) is 18.3 Å². The number of aryl methyl sites for hydroxylation is 1. The SMILES string of the molecule is O=C(NCc1cc2n(n1)CCCO2)c1scnc1C(F)(F)F. The molecule has 0 aromatic carbocycles. The number of amides is 1. The van der Waals surface area contributed by atoms with Gasteiger partial charge in [0.15, 0.2) is 5.69 Å². The van der Waals surface area contributed by atoms with E-state index >= 15 is 0 Å². The minimum atomic E-state index is -4.64. The summed E-state index contributed by atoms with van der Waals surface area (Å²) in [6.45, 7) is 1.35. The predicted octanol–water partition coefficient (Wildman–Crippen LogP) is 2.07. The molecule has 0 spiro atoms. The molecule has 0 aliphatic carbocycles. The van der Waals surface area contributed by atoms with Crippen LogP contribution in [0.1, 0.15) is 27.5 Å². The predicted molar refractivity (Wildman–Crippen MR) is 70.6 cm³/mol. The number of thiazole rings is 1. The van der Waals surface area contributed by atoms with E-state index in [9.17, 15) is 18.0 Å². The van der Waals surface area contributed by atoms with Crippen molar-refractivity contribution in [3.05, 3.63) is 27.8 Å². The number of carbonyl (C=O) groups is 1. The van der Waals surface area contributed by atoms with Gasteiger partial charge in [-0.25, -0.2) is 9.67 Å². The van der Waals surface area contributed by atoms with Gasteiger partial charge in [-0.05, 0) is 0 Å². The molecule has 2 aromatic heterocycles. The van der Waals surface area contributed by atoms with E-state index < -0.39 is 22.7 Å². The fraction of sp³-hybridized carbons (Fsp3) is 0.417. The quantitative estimate of drug-likeness (QED) is 0.934. The zero-order valence-corrected chi connectivity index (χ0v) is 12.0. The Balaban J connectivity index is 1.68. The molecule has 3 rings (SSSR count). The van der Waals surface area contributed by atoms with Crippen LogP contribution < -0.4 is 10.1 Å². The average Bonchev–Trinajstić information content (AvgIpc) is 3.10. The molecule has 1 aliphatic heterocycles. The third-order valence-electron chi connectivity index (χ3n) is 3.03. The molecule has 6 nitrogen and oxygen atoms in total. The number of hydrogen-bond donors (Lipinski definition) is 1. The fourth-order valence-electron chi connectivity index (χ4n) is 2.06. The maximum Gasteiger partial charge on any atom is 0.434 e. The minimum Gasteiger partial charge on any atom is -0.478 e. The van der Waals surface area contributed by atoms with Crippen LogP contribution in [0.3, 0.4) is 0 Å². The summed E-state index contributed by atoms with van der Waals surface area (Å²) in [6, 6.07) is 1.66. The van der Waals surface area contributed by atoms with Gasteiger partial charge in [0.1, 0.15) is 4.88 Å². The minimum absolute atomic E-state index is 0.0252. The highest BCUT2D eigenvalue weighted by Gasteiger charge is 2.38. The van der Waals surface area contributed by atoms with Gasteiger partial charge >= 0.3 is 6.18 Å². The number of nitrogens with zero attached hydrogens (tertiary/aromatic N) is 3. The Bertz CT molecular complexity index is 671. The summed E-state index contributed by atoms with van der Waals surface area (Å²) >= 11 is 0.654. The number of hydrogen-bond acceptors (Lipinski definition) is 5. The second kappa shape index (κ2) is 5.59. The molecule has 0 atom stereocenters. The van der Waals surface area contributed by atoms with Crippen molar-refractivity contribution in [2.45, 2.75) is 25.7 Å². The molecular formula is C12H11F3N4O2S. The van der Waals surface area contributed by atoms with E-state index in [1.54, 1.807) is 10.7 Å². The van der Waals surface area contributed by atoms with Crippen LogP contribution in [-0.2, 0) is 19.3 Å². The number of nitrogens with one attached hydrogen (secondary N) is 1. The third kappa shape index (κ3) is 2.91. The molecule has 3 heterocycles. The number of fused-ring (bicyclic) bond motifs is 1. The van der Waals surface area contributed by atoms with Crippen molar-refractivity contribution in [1.29, 1.82) is 0 Å². The zero-order chi connectivity index (χ0) is 15.7. The molecule has 0 bridgehead atoms. The Morgan fingerprint density at radius 1 is 1.50 bits per heavy atom. The first-order valence-corrected chi connectivity index (χ1v) is 7.31. The number of alkyl halides is 3. The Hall–Kier alpha value is -2.10. The van der Waals surface area contributed by atoms with E-state index in [0.717, 1.165) is 18.5 Å². The summed E-state index contributed by atoms with van der Waals surface area (Å²) in [5.41, 5.74) is 0.367. The molecule has 22 heavy (non-hydrogen) atoms. The molecule has 2 aromatic rings. The Labute approximate surface area is 126 Å². The van der Waals surface area contributed by atoms with Gasteiger partial charge in [0.05, 0.1) is 24.4 Å². The van der Waals surface area contributed by atoms with Crippen LogP contribution in [0, 0.1) is 0 Å². The summed E-state index contributed by atoms with van der Waals surface area (Å²) in [6.07, 6.45) is -3.80. The van der Waals surface area contributed by atoms with Crippen molar-refractivity contribution in [2.24, 2.45) is 0 Å². The van der Waals surface area contributed by atoms with Crippen molar-refractivity contribution < 1.29 is 22.7 Å². The van der Waals surface area contributed by atoms with Crippen LogP contribution in [0.15, 0.2) is 11.6 Å². The molecule has 0 unspecified atom stereocenters. The van der Waals surface area contributed by atoms with Gasteiger partial charge in [-0.3, -0.25) is 4.79 Å². The molecule has 0 fully saturated rings. The molecule has 1 aliphatic rings. The smallest absolute Gasteiger partial charge is 0.434 e. The van der Waals surface area contributed by atoms with Crippen LogP contribution in [0.4, 0.5) is 13.2 Å². The molecule has 118 valence electrons. The van der Waals surface area contributed by atoms with Gasteiger partial charge in [0.25, 0.3) is 5.91 Å². The normalized spacial score (nSPS) is 14.3. The summed E-state index contributed by atoms with van der Waals surface area (Å²) in [7, 11) is 0. The Morgan fingerprint density at radius 2 is 2.32 bits per heavy atom. The highest BCUT2D eigenvalue weighted by Crippen LogP contribution is 2.32. The van der Waals surface area contributed by atoms with Crippen LogP contribution in [-0.4, -0.2) is 27.3 Å². The number of carbonyl (C=O) groups excluding carboxylic acids is 1. The second-order valence-corrected chi connectivity index (χ2v) is 5.46. The maximum absolute atomic E-state index is 12.7. The third-order valence-corrected chi connectivity index (χ3v) is 3.86. The number of rotatable bonds is 3. The number of ether oxygens (including phenoxy) is 1. The van der Waals surface area contributed by atoms with Crippen LogP contribution in [0.2, 0.25) is 0 Å².